The normalized spacial score (nSPS) is 12.0. The number of carbonyl (C=O) groups is 2. The highest BCUT2D eigenvalue weighted by molar-refractivity contribution is 7.92. The van der Waals surface area contributed by atoms with Gasteiger partial charge in [-0.2, -0.15) is 0 Å². The van der Waals surface area contributed by atoms with E-state index in [-0.39, 0.29) is 37.7 Å². The van der Waals surface area contributed by atoms with E-state index in [4.69, 9.17) is 16.3 Å². The summed E-state index contributed by atoms with van der Waals surface area (Å²) in [5.41, 5.74) is 1.17. The average molecular weight is 552 g/mol. The van der Waals surface area contributed by atoms with Crippen molar-refractivity contribution in [3.63, 3.8) is 0 Å². The number of sulfonamides is 1. The molecule has 0 aliphatic carbocycles. The first-order valence-electron chi connectivity index (χ1n) is 12.6. The molecule has 10 heteroatoms. The molecule has 0 heterocycles. The van der Waals surface area contributed by atoms with Gasteiger partial charge in [-0.15, -0.1) is 0 Å². The molecular formula is C27H38ClN3O5S. The molecule has 2 aromatic rings. The lowest BCUT2D eigenvalue weighted by Gasteiger charge is -2.31. The topological polar surface area (TPSA) is 96.0 Å². The lowest BCUT2D eigenvalue weighted by atomic mass is 10.1. The quantitative estimate of drug-likeness (QED) is 0.348. The molecule has 0 bridgehead atoms. The fourth-order valence-corrected chi connectivity index (χ4v) is 5.18. The Labute approximate surface area is 226 Å². The Morgan fingerprint density at radius 3 is 2.35 bits per heavy atom. The van der Waals surface area contributed by atoms with Gasteiger partial charge >= 0.3 is 0 Å². The molecular weight excluding hydrogens is 514 g/mol. The SMILES string of the molecule is CCCNC(=O)[C@H](CC)N(Cc1ccccc1Cl)C(=O)CCCN(c1ccccc1OCC)S(C)(=O)=O. The lowest BCUT2D eigenvalue weighted by Crippen LogP contribution is -2.49. The Hall–Kier alpha value is -2.78. The van der Waals surface area contributed by atoms with Gasteiger partial charge in [-0.3, -0.25) is 13.9 Å². The van der Waals surface area contributed by atoms with Crippen molar-refractivity contribution in [2.45, 2.75) is 59.0 Å². The van der Waals surface area contributed by atoms with Crippen LogP contribution in [0.15, 0.2) is 48.5 Å². The second-order valence-corrected chi connectivity index (χ2v) is 11.0. The number of nitrogens with one attached hydrogen (secondary N) is 1. The molecule has 0 aromatic heterocycles. The van der Waals surface area contributed by atoms with Crippen molar-refractivity contribution in [3.8, 4) is 5.75 Å². The maximum atomic E-state index is 13.5. The third-order valence-corrected chi connectivity index (χ3v) is 7.37. The van der Waals surface area contributed by atoms with E-state index in [2.05, 4.69) is 5.32 Å². The molecule has 0 radical (unpaired) electrons. The summed E-state index contributed by atoms with van der Waals surface area (Å²) in [5.74, 6) is -0.00106. The van der Waals surface area contributed by atoms with Gasteiger partial charge in [0.05, 0.1) is 18.6 Å². The van der Waals surface area contributed by atoms with E-state index in [0.717, 1.165) is 18.2 Å². The molecule has 37 heavy (non-hydrogen) atoms. The van der Waals surface area contributed by atoms with Crippen LogP contribution in [0.4, 0.5) is 5.69 Å². The molecule has 2 aromatic carbocycles. The smallest absolute Gasteiger partial charge is 0.242 e. The van der Waals surface area contributed by atoms with Crippen LogP contribution in [0.2, 0.25) is 5.02 Å². The molecule has 1 atom stereocenters. The second-order valence-electron chi connectivity index (χ2n) is 8.67. The highest BCUT2D eigenvalue weighted by Gasteiger charge is 2.29. The van der Waals surface area contributed by atoms with E-state index in [0.29, 0.717) is 36.0 Å². The van der Waals surface area contributed by atoms with Crippen LogP contribution < -0.4 is 14.4 Å². The van der Waals surface area contributed by atoms with E-state index in [1.165, 1.54) is 4.31 Å². The molecule has 1 N–H and O–H groups in total. The zero-order valence-electron chi connectivity index (χ0n) is 22.1. The number of halogens is 1. The predicted octanol–water partition coefficient (Wildman–Crippen LogP) is 4.62. The van der Waals surface area contributed by atoms with Gasteiger partial charge in [0.1, 0.15) is 11.8 Å². The maximum absolute atomic E-state index is 13.5. The van der Waals surface area contributed by atoms with E-state index in [1.807, 2.05) is 39.0 Å². The van der Waals surface area contributed by atoms with Crippen LogP contribution in [-0.4, -0.2) is 57.1 Å². The van der Waals surface area contributed by atoms with Crippen molar-refractivity contribution < 1.29 is 22.7 Å². The van der Waals surface area contributed by atoms with Crippen molar-refractivity contribution >= 4 is 39.1 Å². The third kappa shape index (κ3) is 8.93. The number of ether oxygens (including phenoxy) is 1. The molecule has 2 rings (SSSR count). The number of benzene rings is 2. The molecule has 0 saturated heterocycles. The Morgan fingerprint density at radius 1 is 1.05 bits per heavy atom. The largest absolute Gasteiger partial charge is 0.492 e. The van der Waals surface area contributed by atoms with Gasteiger partial charge in [0.15, 0.2) is 0 Å². The first kappa shape index (κ1) is 30.4. The van der Waals surface area contributed by atoms with Gasteiger partial charge in [0, 0.05) is 31.1 Å². The number of para-hydroxylation sites is 2. The van der Waals surface area contributed by atoms with E-state index in [9.17, 15) is 18.0 Å². The zero-order valence-corrected chi connectivity index (χ0v) is 23.6. The second kappa shape index (κ2) is 14.8. The fraction of sp³-hybridized carbons (Fsp3) is 0.481. The number of amides is 2. The minimum Gasteiger partial charge on any atom is -0.492 e. The molecule has 0 aliphatic heterocycles. The van der Waals surface area contributed by atoms with Crippen molar-refractivity contribution in [1.82, 2.24) is 10.2 Å². The number of hydrogen-bond acceptors (Lipinski definition) is 5. The number of carbonyl (C=O) groups excluding carboxylic acids is 2. The lowest BCUT2D eigenvalue weighted by molar-refractivity contribution is -0.141. The van der Waals surface area contributed by atoms with Crippen LogP contribution >= 0.6 is 11.6 Å². The van der Waals surface area contributed by atoms with Crippen LogP contribution in [0.25, 0.3) is 0 Å². The first-order chi connectivity index (χ1) is 17.6. The summed E-state index contributed by atoms with van der Waals surface area (Å²) < 4.78 is 32.1. The first-order valence-corrected chi connectivity index (χ1v) is 14.9. The van der Waals surface area contributed by atoms with Gasteiger partial charge in [-0.05, 0) is 49.9 Å². The summed E-state index contributed by atoms with van der Waals surface area (Å²) in [7, 11) is -3.63. The molecule has 0 saturated carbocycles. The molecule has 0 unspecified atom stereocenters. The monoisotopic (exact) mass is 551 g/mol. The summed E-state index contributed by atoms with van der Waals surface area (Å²) in [6.45, 7) is 6.83. The average Bonchev–Trinajstić information content (AvgIpc) is 2.86. The highest BCUT2D eigenvalue weighted by Crippen LogP contribution is 2.30. The Bertz CT molecular complexity index is 1140. The molecule has 0 aliphatic rings. The van der Waals surface area contributed by atoms with E-state index >= 15 is 0 Å². The van der Waals surface area contributed by atoms with Crippen LogP contribution in [-0.2, 0) is 26.2 Å². The summed E-state index contributed by atoms with van der Waals surface area (Å²) in [4.78, 5) is 27.9. The molecule has 0 spiro atoms. The summed E-state index contributed by atoms with van der Waals surface area (Å²) >= 11 is 6.36. The van der Waals surface area contributed by atoms with Gasteiger partial charge in [0.2, 0.25) is 21.8 Å². The van der Waals surface area contributed by atoms with Gasteiger partial charge < -0.3 is 15.0 Å². The van der Waals surface area contributed by atoms with Crippen molar-refractivity contribution in [2.75, 3.05) is 30.3 Å². The maximum Gasteiger partial charge on any atom is 0.242 e. The molecule has 0 fully saturated rings. The van der Waals surface area contributed by atoms with E-state index < -0.39 is 16.1 Å². The summed E-state index contributed by atoms with van der Waals surface area (Å²) in [6, 6.07) is 13.5. The Balaban J connectivity index is 2.25. The van der Waals surface area contributed by atoms with Gasteiger partial charge in [-0.25, -0.2) is 8.42 Å². The zero-order chi connectivity index (χ0) is 27.4. The number of nitrogens with zero attached hydrogens (tertiary/aromatic N) is 2. The van der Waals surface area contributed by atoms with Crippen LogP contribution in [0.5, 0.6) is 5.75 Å². The van der Waals surface area contributed by atoms with Gasteiger partial charge in [-0.1, -0.05) is 55.8 Å². The number of anilines is 1. The van der Waals surface area contributed by atoms with Crippen LogP contribution in [0.1, 0.15) is 52.0 Å². The summed E-state index contributed by atoms with van der Waals surface area (Å²) in [6.07, 6.45) is 2.67. The van der Waals surface area contributed by atoms with Crippen molar-refractivity contribution in [2.24, 2.45) is 0 Å². The fourth-order valence-electron chi connectivity index (χ4n) is 4.02. The van der Waals surface area contributed by atoms with Crippen LogP contribution in [0.3, 0.4) is 0 Å². The minimum atomic E-state index is -3.63. The minimum absolute atomic E-state index is 0.0603. The van der Waals surface area contributed by atoms with Crippen molar-refractivity contribution in [3.05, 3.63) is 59.1 Å². The summed E-state index contributed by atoms with van der Waals surface area (Å²) in [5, 5.41) is 3.40. The third-order valence-electron chi connectivity index (χ3n) is 5.82. The highest BCUT2D eigenvalue weighted by atomic mass is 35.5. The van der Waals surface area contributed by atoms with Gasteiger partial charge in [0.25, 0.3) is 0 Å². The molecule has 204 valence electrons. The number of rotatable bonds is 15. The number of hydrogen-bond donors (Lipinski definition) is 1. The Kier molecular flexibility index (Phi) is 12.2. The van der Waals surface area contributed by atoms with E-state index in [1.54, 1.807) is 35.2 Å². The molecule has 2 amide bonds. The predicted molar refractivity (Wildman–Crippen MR) is 148 cm³/mol. The Morgan fingerprint density at radius 2 is 1.73 bits per heavy atom. The van der Waals surface area contributed by atoms with Crippen LogP contribution in [0, 0.1) is 0 Å². The standard InChI is InChI=1S/C27H38ClN3O5S/c1-5-18-29-27(33)23(6-2)30(20-21-13-8-9-14-22(21)28)26(32)17-12-19-31(37(4,34)35)24-15-10-11-16-25(24)36-7-3/h8-11,13-16,23H,5-7,12,17-20H2,1-4H3,(H,29,33)/t23-/m0/s1. The molecule has 8 nitrogen and oxygen atoms in total. The van der Waals surface area contributed by atoms with Crippen molar-refractivity contribution in [1.29, 1.82) is 0 Å².